The molecule has 1 unspecified atom stereocenters. The summed E-state index contributed by atoms with van der Waals surface area (Å²) >= 11 is 0. The molecule has 21 heavy (non-hydrogen) atoms. The Morgan fingerprint density at radius 3 is 2.81 bits per heavy atom. The minimum absolute atomic E-state index is 0.248. The van der Waals surface area contributed by atoms with E-state index in [2.05, 4.69) is 0 Å². The highest BCUT2D eigenvalue weighted by molar-refractivity contribution is 7.89. The number of piperidine rings is 1. The number of rotatable bonds is 6. The lowest BCUT2D eigenvalue weighted by molar-refractivity contribution is 0.179. The summed E-state index contributed by atoms with van der Waals surface area (Å²) in [5, 5.41) is 0. The van der Waals surface area contributed by atoms with Gasteiger partial charge in [-0.05, 0) is 37.8 Å². The van der Waals surface area contributed by atoms with Crippen molar-refractivity contribution < 1.29 is 13.2 Å². The third-order valence-electron chi connectivity index (χ3n) is 3.91. The average molecular weight is 311 g/mol. The second kappa shape index (κ2) is 7.27. The first-order chi connectivity index (χ1) is 10.0. The summed E-state index contributed by atoms with van der Waals surface area (Å²) in [4.78, 5) is 0. The minimum atomic E-state index is -3.08. The number of sulfonamides is 1. The molecule has 1 aromatic rings. The van der Waals surface area contributed by atoms with Gasteiger partial charge in [-0.25, -0.2) is 12.7 Å². The van der Waals surface area contributed by atoms with Crippen LogP contribution in [0.5, 0.6) is 5.75 Å². The lowest BCUT2D eigenvalue weighted by Gasteiger charge is -2.31. The average Bonchev–Trinajstić information content (AvgIpc) is 2.47. The minimum Gasteiger partial charge on any atom is -0.493 e. The molecule has 118 valence electrons. The van der Waals surface area contributed by atoms with E-state index in [0.29, 0.717) is 26.1 Å². The number of aryl methyl sites for hydroxylation is 1. The van der Waals surface area contributed by atoms with Crippen LogP contribution in [0.15, 0.2) is 24.3 Å². The molecule has 2 rings (SSSR count). The van der Waals surface area contributed by atoms with Crippen molar-refractivity contribution in [3.05, 3.63) is 29.8 Å². The second-order valence-electron chi connectivity index (χ2n) is 5.76. The van der Waals surface area contributed by atoms with Gasteiger partial charge in [0.2, 0.25) is 10.0 Å². The summed E-state index contributed by atoms with van der Waals surface area (Å²) in [7, 11) is -3.08. The van der Waals surface area contributed by atoms with Crippen LogP contribution in [0, 0.1) is 12.8 Å². The molecule has 0 aliphatic carbocycles. The van der Waals surface area contributed by atoms with Crippen LogP contribution in [-0.2, 0) is 10.0 Å². The van der Waals surface area contributed by atoms with E-state index in [4.69, 9.17) is 4.74 Å². The number of nitrogens with zero attached hydrogens (tertiary/aromatic N) is 1. The zero-order valence-electron chi connectivity index (χ0n) is 12.9. The lowest BCUT2D eigenvalue weighted by Crippen LogP contribution is -2.42. The molecule has 1 heterocycles. The molecule has 4 nitrogen and oxygen atoms in total. The van der Waals surface area contributed by atoms with E-state index in [1.807, 2.05) is 38.1 Å². The van der Waals surface area contributed by atoms with E-state index in [1.165, 1.54) is 0 Å². The molecule has 0 saturated carbocycles. The quantitative estimate of drug-likeness (QED) is 0.811. The van der Waals surface area contributed by atoms with Gasteiger partial charge in [-0.15, -0.1) is 0 Å². The maximum Gasteiger partial charge on any atom is 0.214 e. The Balaban J connectivity index is 1.91. The molecule has 1 atom stereocenters. The molecule has 1 saturated heterocycles. The van der Waals surface area contributed by atoms with Crippen LogP contribution in [-0.4, -0.2) is 38.2 Å². The standard InChI is InChI=1S/C16H25NO3S/c1-3-11-21(18,19)17-10-6-8-15(12-17)13-20-16-9-5-4-7-14(16)2/h4-5,7,9,15H,3,6,8,10-13H2,1-2H3. The van der Waals surface area contributed by atoms with Gasteiger partial charge in [0.25, 0.3) is 0 Å². The fourth-order valence-electron chi connectivity index (χ4n) is 2.73. The van der Waals surface area contributed by atoms with Crippen molar-refractivity contribution in [1.29, 1.82) is 0 Å². The van der Waals surface area contributed by atoms with Gasteiger partial charge in [0.1, 0.15) is 5.75 Å². The molecular formula is C16H25NO3S. The molecule has 1 fully saturated rings. The molecule has 0 N–H and O–H groups in total. The van der Waals surface area contributed by atoms with Crippen LogP contribution < -0.4 is 4.74 Å². The van der Waals surface area contributed by atoms with E-state index < -0.39 is 10.0 Å². The van der Waals surface area contributed by atoms with Gasteiger partial charge in [0.15, 0.2) is 0 Å². The zero-order valence-corrected chi connectivity index (χ0v) is 13.7. The topological polar surface area (TPSA) is 46.6 Å². The van der Waals surface area contributed by atoms with Gasteiger partial charge in [-0.2, -0.15) is 0 Å². The first kappa shape index (κ1) is 16.3. The highest BCUT2D eigenvalue weighted by atomic mass is 32.2. The molecule has 1 aliphatic rings. The molecule has 0 spiro atoms. The van der Waals surface area contributed by atoms with Crippen LogP contribution in [0.2, 0.25) is 0 Å². The third kappa shape index (κ3) is 4.45. The van der Waals surface area contributed by atoms with E-state index >= 15 is 0 Å². The summed E-state index contributed by atoms with van der Waals surface area (Å²) in [5.41, 5.74) is 1.11. The normalized spacial score (nSPS) is 20.4. The van der Waals surface area contributed by atoms with E-state index in [-0.39, 0.29) is 11.7 Å². The van der Waals surface area contributed by atoms with Crippen molar-refractivity contribution in [2.45, 2.75) is 33.1 Å². The molecule has 1 aliphatic heterocycles. The first-order valence-corrected chi connectivity index (χ1v) is 9.30. The molecule has 0 bridgehead atoms. The Bertz CT molecular complexity index is 556. The highest BCUT2D eigenvalue weighted by Gasteiger charge is 2.28. The van der Waals surface area contributed by atoms with Crippen molar-refractivity contribution in [2.24, 2.45) is 5.92 Å². The smallest absolute Gasteiger partial charge is 0.214 e. The van der Waals surface area contributed by atoms with Crippen molar-refractivity contribution in [1.82, 2.24) is 4.31 Å². The van der Waals surface area contributed by atoms with Gasteiger partial charge in [0, 0.05) is 19.0 Å². The second-order valence-corrected chi connectivity index (χ2v) is 7.85. The summed E-state index contributed by atoms with van der Waals surface area (Å²) in [6.07, 6.45) is 2.62. The van der Waals surface area contributed by atoms with Crippen molar-refractivity contribution in [3.63, 3.8) is 0 Å². The predicted molar refractivity (Wildman–Crippen MR) is 85.0 cm³/mol. The largest absolute Gasteiger partial charge is 0.493 e. The maximum absolute atomic E-state index is 12.1. The molecule has 0 amide bonds. The molecule has 1 aromatic carbocycles. The number of benzene rings is 1. The Hall–Kier alpha value is -1.07. The molecule has 0 radical (unpaired) electrons. The molecule has 5 heteroatoms. The lowest BCUT2D eigenvalue weighted by atomic mass is 10.0. The van der Waals surface area contributed by atoms with Gasteiger partial charge in [-0.1, -0.05) is 25.1 Å². The van der Waals surface area contributed by atoms with Crippen LogP contribution in [0.25, 0.3) is 0 Å². The Kier molecular flexibility index (Phi) is 5.65. The number of hydrogen-bond donors (Lipinski definition) is 0. The fraction of sp³-hybridized carbons (Fsp3) is 0.625. The maximum atomic E-state index is 12.1. The van der Waals surface area contributed by atoms with Crippen molar-refractivity contribution in [2.75, 3.05) is 25.4 Å². The number of hydrogen-bond acceptors (Lipinski definition) is 3. The van der Waals surface area contributed by atoms with E-state index in [0.717, 1.165) is 24.2 Å². The SMILES string of the molecule is CCCS(=O)(=O)N1CCCC(COc2ccccc2C)C1. The van der Waals surface area contributed by atoms with Crippen LogP contribution in [0.1, 0.15) is 31.7 Å². The summed E-state index contributed by atoms with van der Waals surface area (Å²) in [6, 6.07) is 7.93. The molecular weight excluding hydrogens is 286 g/mol. The Labute approximate surface area is 128 Å². The fourth-order valence-corrected chi connectivity index (χ4v) is 4.35. The Morgan fingerprint density at radius 2 is 2.10 bits per heavy atom. The summed E-state index contributed by atoms with van der Waals surface area (Å²) in [6.45, 7) is 5.76. The van der Waals surface area contributed by atoms with E-state index in [9.17, 15) is 8.42 Å². The van der Waals surface area contributed by atoms with Crippen molar-refractivity contribution >= 4 is 10.0 Å². The monoisotopic (exact) mass is 311 g/mol. The predicted octanol–water partition coefficient (Wildman–Crippen LogP) is 2.83. The highest BCUT2D eigenvalue weighted by Crippen LogP contribution is 2.22. The number of para-hydroxylation sites is 1. The van der Waals surface area contributed by atoms with E-state index in [1.54, 1.807) is 4.31 Å². The summed E-state index contributed by atoms with van der Waals surface area (Å²) in [5.74, 6) is 1.43. The van der Waals surface area contributed by atoms with Crippen LogP contribution in [0.4, 0.5) is 0 Å². The van der Waals surface area contributed by atoms with Crippen LogP contribution in [0.3, 0.4) is 0 Å². The number of ether oxygens (including phenoxy) is 1. The summed E-state index contributed by atoms with van der Waals surface area (Å²) < 4.78 is 31.8. The third-order valence-corrected chi connectivity index (χ3v) is 5.95. The van der Waals surface area contributed by atoms with Gasteiger partial charge in [-0.3, -0.25) is 0 Å². The zero-order chi connectivity index (χ0) is 15.3. The Morgan fingerprint density at radius 1 is 1.33 bits per heavy atom. The van der Waals surface area contributed by atoms with Crippen molar-refractivity contribution in [3.8, 4) is 5.75 Å². The van der Waals surface area contributed by atoms with Gasteiger partial charge in [0.05, 0.1) is 12.4 Å². The van der Waals surface area contributed by atoms with Crippen LogP contribution >= 0.6 is 0 Å². The van der Waals surface area contributed by atoms with Gasteiger partial charge < -0.3 is 4.74 Å². The molecule has 0 aromatic heterocycles. The first-order valence-electron chi connectivity index (χ1n) is 7.69. The van der Waals surface area contributed by atoms with Gasteiger partial charge >= 0.3 is 0 Å².